The summed E-state index contributed by atoms with van der Waals surface area (Å²) in [6, 6.07) is 40.2. The Hall–Kier alpha value is -4.97. The van der Waals surface area contributed by atoms with Crippen molar-refractivity contribution in [1.29, 1.82) is 0 Å². The minimum absolute atomic E-state index is 0.128. The molecule has 0 saturated heterocycles. The van der Waals surface area contributed by atoms with E-state index in [-0.39, 0.29) is 18.0 Å². The third-order valence-electron chi connectivity index (χ3n) is 8.66. The lowest BCUT2D eigenvalue weighted by atomic mass is 9.77. The van der Waals surface area contributed by atoms with Crippen molar-refractivity contribution in [2.45, 2.75) is 44.3 Å². The molecule has 0 bridgehead atoms. The summed E-state index contributed by atoms with van der Waals surface area (Å²) in [5.74, 6) is 1.59. The Morgan fingerprint density at radius 1 is 0.689 bits per heavy atom. The number of imidazole rings is 1. The first-order valence-electron chi connectivity index (χ1n) is 15.6. The SMILES string of the molecule is COC1=NC(C(C)C)C(OC)=NC1CCc1ccccc1-c1cn(C(c2ccccc2)(c2ccccc2)c2ccccc2)cn1. The topological polar surface area (TPSA) is 61.0 Å². The summed E-state index contributed by atoms with van der Waals surface area (Å²) in [7, 11) is 3.35. The van der Waals surface area contributed by atoms with Crippen LogP contribution in [0.2, 0.25) is 0 Å². The minimum atomic E-state index is -0.617. The molecule has 0 fully saturated rings. The molecule has 45 heavy (non-hydrogen) atoms. The van der Waals surface area contributed by atoms with Crippen molar-refractivity contribution in [3.63, 3.8) is 0 Å². The number of hydrogen-bond acceptors (Lipinski definition) is 5. The maximum atomic E-state index is 5.72. The Kier molecular flexibility index (Phi) is 8.92. The molecular weight excluding hydrogens is 556 g/mol. The highest BCUT2D eigenvalue weighted by atomic mass is 16.5. The predicted molar refractivity (Wildman–Crippen MR) is 182 cm³/mol. The van der Waals surface area contributed by atoms with Gasteiger partial charge in [0.2, 0.25) is 11.8 Å². The lowest BCUT2D eigenvalue weighted by Gasteiger charge is -2.37. The van der Waals surface area contributed by atoms with Crippen molar-refractivity contribution in [2.24, 2.45) is 15.9 Å². The largest absolute Gasteiger partial charge is 0.483 e. The summed E-state index contributed by atoms with van der Waals surface area (Å²) in [6.45, 7) is 4.24. The average molecular weight is 597 g/mol. The van der Waals surface area contributed by atoms with Crippen molar-refractivity contribution in [1.82, 2.24) is 9.55 Å². The summed E-state index contributed by atoms with van der Waals surface area (Å²) in [5.41, 5.74) is 6.08. The molecule has 0 spiro atoms. The molecular formula is C39H40N4O2. The molecule has 0 N–H and O–H groups in total. The Morgan fingerprint density at radius 3 is 1.76 bits per heavy atom. The molecule has 228 valence electrons. The molecule has 5 aromatic rings. The molecule has 0 saturated carbocycles. The molecule has 4 aromatic carbocycles. The third-order valence-corrected chi connectivity index (χ3v) is 8.66. The molecule has 1 aliphatic rings. The van der Waals surface area contributed by atoms with Gasteiger partial charge in [-0.05, 0) is 41.0 Å². The fraction of sp³-hybridized carbons (Fsp3) is 0.256. The lowest BCUT2D eigenvalue weighted by Crippen LogP contribution is -2.37. The number of aromatic nitrogens is 2. The highest BCUT2D eigenvalue weighted by Crippen LogP contribution is 2.41. The number of aliphatic imine (C=N–C) groups is 2. The number of benzene rings is 4. The maximum Gasteiger partial charge on any atom is 0.209 e. The van der Waals surface area contributed by atoms with Crippen LogP contribution in [0.25, 0.3) is 11.3 Å². The van der Waals surface area contributed by atoms with Crippen LogP contribution < -0.4 is 0 Å². The first-order chi connectivity index (χ1) is 22.1. The van der Waals surface area contributed by atoms with Crippen molar-refractivity contribution in [2.75, 3.05) is 14.2 Å². The second-order valence-electron chi connectivity index (χ2n) is 11.7. The second kappa shape index (κ2) is 13.3. The van der Waals surface area contributed by atoms with Crippen molar-refractivity contribution in [3.8, 4) is 11.3 Å². The van der Waals surface area contributed by atoms with E-state index in [0.717, 1.165) is 40.8 Å². The van der Waals surface area contributed by atoms with Crippen LogP contribution in [0.3, 0.4) is 0 Å². The van der Waals surface area contributed by atoms with Gasteiger partial charge >= 0.3 is 0 Å². The van der Waals surface area contributed by atoms with Crippen LogP contribution >= 0.6 is 0 Å². The van der Waals surface area contributed by atoms with Crippen LogP contribution in [-0.4, -0.2) is 47.6 Å². The van der Waals surface area contributed by atoms with E-state index < -0.39 is 5.54 Å². The molecule has 6 nitrogen and oxygen atoms in total. The summed E-state index contributed by atoms with van der Waals surface area (Å²) in [6.07, 6.45) is 5.67. The van der Waals surface area contributed by atoms with Crippen molar-refractivity contribution >= 4 is 11.8 Å². The van der Waals surface area contributed by atoms with Gasteiger partial charge in [0.1, 0.15) is 17.6 Å². The zero-order valence-electron chi connectivity index (χ0n) is 26.4. The molecule has 0 radical (unpaired) electrons. The summed E-state index contributed by atoms with van der Waals surface area (Å²) in [5, 5.41) is 0. The Balaban J connectivity index is 1.39. The lowest BCUT2D eigenvalue weighted by molar-refractivity contribution is 0.331. The molecule has 2 heterocycles. The van der Waals surface area contributed by atoms with Gasteiger partial charge in [0, 0.05) is 11.8 Å². The smallest absolute Gasteiger partial charge is 0.209 e. The number of ether oxygens (including phenoxy) is 2. The Morgan fingerprint density at radius 2 is 1.22 bits per heavy atom. The maximum absolute atomic E-state index is 5.72. The fourth-order valence-electron chi connectivity index (χ4n) is 6.46. The highest BCUT2D eigenvalue weighted by Gasteiger charge is 2.38. The molecule has 6 heteroatoms. The summed E-state index contributed by atoms with van der Waals surface area (Å²) < 4.78 is 13.6. The van der Waals surface area contributed by atoms with Gasteiger partial charge in [-0.1, -0.05) is 129 Å². The third kappa shape index (κ3) is 5.80. The van der Waals surface area contributed by atoms with Gasteiger partial charge in [0.25, 0.3) is 0 Å². The van der Waals surface area contributed by atoms with Gasteiger partial charge in [-0.25, -0.2) is 15.0 Å². The van der Waals surface area contributed by atoms with Gasteiger partial charge in [0.15, 0.2) is 0 Å². The molecule has 1 aromatic heterocycles. The van der Waals surface area contributed by atoms with Crippen LogP contribution in [0, 0.1) is 5.92 Å². The van der Waals surface area contributed by atoms with E-state index in [9.17, 15) is 0 Å². The van der Waals surface area contributed by atoms with Crippen molar-refractivity contribution in [3.05, 3.63) is 150 Å². The van der Waals surface area contributed by atoms with Gasteiger partial charge in [0.05, 0.1) is 26.2 Å². The number of rotatable bonds is 9. The van der Waals surface area contributed by atoms with Gasteiger partial charge in [-0.15, -0.1) is 0 Å². The van der Waals surface area contributed by atoms with E-state index in [4.69, 9.17) is 24.4 Å². The van der Waals surface area contributed by atoms with Crippen LogP contribution in [-0.2, 0) is 21.4 Å². The monoisotopic (exact) mass is 596 g/mol. The molecule has 0 aliphatic carbocycles. The van der Waals surface area contributed by atoms with Gasteiger partial charge in [-0.3, -0.25) is 0 Å². The molecule has 1 aliphatic heterocycles. The zero-order valence-corrected chi connectivity index (χ0v) is 26.4. The first kappa shape index (κ1) is 30.1. The molecule has 2 unspecified atom stereocenters. The summed E-state index contributed by atoms with van der Waals surface area (Å²) >= 11 is 0. The summed E-state index contributed by atoms with van der Waals surface area (Å²) in [4.78, 5) is 14.8. The van der Waals surface area contributed by atoms with E-state index in [1.165, 1.54) is 5.56 Å². The second-order valence-corrected chi connectivity index (χ2v) is 11.7. The quantitative estimate of drug-likeness (QED) is 0.163. The van der Waals surface area contributed by atoms with Crippen LogP contribution in [0.15, 0.2) is 138 Å². The van der Waals surface area contributed by atoms with E-state index in [1.54, 1.807) is 14.2 Å². The van der Waals surface area contributed by atoms with E-state index in [2.05, 4.69) is 140 Å². The first-order valence-corrected chi connectivity index (χ1v) is 15.6. The van der Waals surface area contributed by atoms with Crippen LogP contribution in [0.1, 0.15) is 42.5 Å². The fourth-order valence-corrected chi connectivity index (χ4v) is 6.46. The van der Waals surface area contributed by atoms with Crippen molar-refractivity contribution < 1.29 is 9.47 Å². The molecule has 6 rings (SSSR count). The van der Waals surface area contributed by atoms with Crippen LogP contribution in [0.5, 0.6) is 0 Å². The molecule has 0 amide bonds. The van der Waals surface area contributed by atoms with E-state index >= 15 is 0 Å². The minimum Gasteiger partial charge on any atom is -0.483 e. The number of nitrogens with zero attached hydrogens (tertiary/aromatic N) is 4. The Bertz CT molecular complexity index is 1660. The van der Waals surface area contributed by atoms with E-state index in [0.29, 0.717) is 11.8 Å². The van der Waals surface area contributed by atoms with Gasteiger partial charge in [-0.2, -0.15) is 0 Å². The average Bonchev–Trinajstić information content (AvgIpc) is 3.59. The number of methoxy groups -OCH3 is 2. The number of hydrogen-bond donors (Lipinski definition) is 0. The molecule has 2 atom stereocenters. The van der Waals surface area contributed by atoms with Crippen LogP contribution in [0.4, 0.5) is 0 Å². The Labute approximate surface area is 266 Å². The van der Waals surface area contributed by atoms with E-state index in [1.807, 2.05) is 6.33 Å². The standard InChI is InChI=1S/C39H40N4O2/c1-28(2)36-38(45-4)41-34(37(42-36)44-3)25-24-29-16-14-15-23-33(29)35-26-43(27-40-35)39(30-17-8-5-9-18-30,31-19-10-6-11-20-31)32-21-12-7-13-22-32/h5-23,26-28,34,36H,24-25H2,1-4H3. The number of aryl methyl sites for hydroxylation is 1. The van der Waals surface area contributed by atoms with Gasteiger partial charge < -0.3 is 14.0 Å². The normalized spacial score (nSPS) is 16.6. The highest BCUT2D eigenvalue weighted by molar-refractivity contribution is 5.94. The predicted octanol–water partition coefficient (Wildman–Crippen LogP) is 7.82. The zero-order chi connectivity index (χ0) is 31.2.